The van der Waals surface area contributed by atoms with Gasteiger partial charge in [0.15, 0.2) is 0 Å². The maximum absolute atomic E-state index is 6.38. The van der Waals surface area contributed by atoms with Gasteiger partial charge < -0.3 is 13.9 Å². The number of fused-ring (bicyclic) bond motifs is 6. The number of hydrogen-bond acceptors (Lipinski definition) is 2. The highest BCUT2D eigenvalue weighted by Gasteiger charge is 2.51. The number of benzene rings is 4. The average molecular weight is 485 g/mol. The standard InChI is InChI=1S/C33H32BNO2/c1-31(2)27-13-9-7-11-23(27)24-17-16-22(20-28(24)31)35-29-14-10-8-12-25(29)26-19-21(15-18-30(26)35)34-36-32(3,4)33(5,6)37-34/h7-20H,1-6H3. The van der Waals surface area contributed by atoms with Crippen molar-refractivity contribution in [3.05, 3.63) is 96.1 Å². The van der Waals surface area contributed by atoms with Crippen molar-refractivity contribution < 1.29 is 9.31 Å². The molecule has 0 amide bonds. The lowest BCUT2D eigenvalue weighted by atomic mass is 9.78. The number of aromatic nitrogens is 1. The third kappa shape index (κ3) is 3.09. The molecule has 0 spiro atoms. The second kappa shape index (κ2) is 7.37. The fourth-order valence-electron chi connectivity index (χ4n) is 6.23. The molecule has 0 N–H and O–H groups in total. The van der Waals surface area contributed by atoms with E-state index in [4.69, 9.17) is 9.31 Å². The Hall–Kier alpha value is -3.34. The molecule has 1 saturated heterocycles. The van der Waals surface area contributed by atoms with Crippen LogP contribution < -0.4 is 5.46 Å². The highest BCUT2D eigenvalue weighted by molar-refractivity contribution is 6.62. The Balaban J connectivity index is 1.41. The van der Waals surface area contributed by atoms with Gasteiger partial charge in [-0.2, -0.15) is 0 Å². The molecule has 1 fully saturated rings. The Labute approximate surface area is 219 Å². The minimum absolute atomic E-state index is 0.0371. The Kier molecular flexibility index (Phi) is 4.55. The Morgan fingerprint density at radius 2 is 1.24 bits per heavy atom. The molecular weight excluding hydrogens is 453 g/mol. The monoisotopic (exact) mass is 485 g/mol. The van der Waals surface area contributed by atoms with Crippen LogP contribution in [-0.2, 0) is 14.7 Å². The molecule has 37 heavy (non-hydrogen) atoms. The summed E-state index contributed by atoms with van der Waals surface area (Å²) in [5, 5.41) is 2.45. The van der Waals surface area contributed by atoms with E-state index in [1.54, 1.807) is 0 Å². The van der Waals surface area contributed by atoms with Gasteiger partial charge in [0.05, 0.1) is 22.2 Å². The van der Waals surface area contributed by atoms with E-state index < -0.39 is 0 Å². The van der Waals surface area contributed by atoms with E-state index in [-0.39, 0.29) is 23.7 Å². The van der Waals surface area contributed by atoms with E-state index in [1.165, 1.54) is 49.7 Å². The van der Waals surface area contributed by atoms with Crippen LogP contribution in [0.1, 0.15) is 52.7 Å². The van der Waals surface area contributed by atoms with Gasteiger partial charge in [-0.15, -0.1) is 0 Å². The molecule has 7 rings (SSSR count). The summed E-state index contributed by atoms with van der Waals surface area (Å²) in [6.45, 7) is 13.1. The SMILES string of the molecule is CC1(C)c2ccccc2-c2ccc(-n3c4ccccc4c4cc(B5OC(C)(C)C(C)(C)O5)ccc43)cc21. The van der Waals surface area contributed by atoms with Gasteiger partial charge in [0.1, 0.15) is 0 Å². The van der Waals surface area contributed by atoms with E-state index in [2.05, 4.69) is 131 Å². The van der Waals surface area contributed by atoms with Crippen molar-refractivity contribution in [3.63, 3.8) is 0 Å². The van der Waals surface area contributed by atoms with Crippen molar-refractivity contribution in [3.8, 4) is 16.8 Å². The molecule has 0 unspecified atom stereocenters. The highest BCUT2D eigenvalue weighted by atomic mass is 16.7. The first-order valence-corrected chi connectivity index (χ1v) is 13.2. The van der Waals surface area contributed by atoms with Crippen LogP contribution >= 0.6 is 0 Å². The van der Waals surface area contributed by atoms with Crippen LogP contribution in [-0.4, -0.2) is 22.9 Å². The molecule has 5 aromatic rings. The van der Waals surface area contributed by atoms with Crippen molar-refractivity contribution in [2.75, 3.05) is 0 Å². The molecule has 0 atom stereocenters. The zero-order valence-corrected chi connectivity index (χ0v) is 22.4. The molecule has 0 bridgehead atoms. The molecule has 1 aliphatic heterocycles. The van der Waals surface area contributed by atoms with Gasteiger partial charge in [0.2, 0.25) is 0 Å². The van der Waals surface area contributed by atoms with E-state index in [9.17, 15) is 0 Å². The van der Waals surface area contributed by atoms with Crippen LogP contribution in [0, 0.1) is 0 Å². The van der Waals surface area contributed by atoms with E-state index in [0.717, 1.165) is 5.46 Å². The number of rotatable bonds is 2. The topological polar surface area (TPSA) is 23.4 Å². The van der Waals surface area contributed by atoms with Gasteiger partial charge in [-0.1, -0.05) is 74.5 Å². The maximum atomic E-state index is 6.38. The molecule has 0 radical (unpaired) electrons. The van der Waals surface area contributed by atoms with Crippen molar-refractivity contribution in [2.24, 2.45) is 0 Å². The number of nitrogens with zero attached hydrogens (tertiary/aromatic N) is 1. The lowest BCUT2D eigenvalue weighted by Gasteiger charge is -2.32. The zero-order valence-electron chi connectivity index (χ0n) is 22.4. The zero-order chi connectivity index (χ0) is 25.7. The molecule has 0 saturated carbocycles. The predicted octanol–water partition coefficient (Wildman–Crippen LogP) is 7.39. The van der Waals surface area contributed by atoms with Gasteiger partial charge in [-0.05, 0) is 79.7 Å². The quantitative estimate of drug-likeness (QED) is 0.244. The van der Waals surface area contributed by atoms with Crippen LogP contribution in [0.25, 0.3) is 38.6 Å². The fraction of sp³-hybridized carbons (Fsp3) is 0.273. The first-order chi connectivity index (χ1) is 17.6. The normalized spacial score (nSPS) is 18.9. The van der Waals surface area contributed by atoms with Gasteiger partial charge in [-0.3, -0.25) is 0 Å². The first kappa shape index (κ1) is 22.8. The smallest absolute Gasteiger partial charge is 0.399 e. The van der Waals surface area contributed by atoms with Crippen molar-refractivity contribution >= 4 is 34.4 Å². The summed E-state index contributed by atoms with van der Waals surface area (Å²) in [5.74, 6) is 0. The van der Waals surface area contributed by atoms with Crippen LogP contribution in [0.3, 0.4) is 0 Å². The highest BCUT2D eigenvalue weighted by Crippen LogP contribution is 2.49. The summed E-state index contributed by atoms with van der Waals surface area (Å²) in [7, 11) is -0.379. The van der Waals surface area contributed by atoms with Gasteiger partial charge in [0, 0.05) is 21.9 Å². The lowest BCUT2D eigenvalue weighted by Crippen LogP contribution is -2.41. The van der Waals surface area contributed by atoms with Gasteiger partial charge in [-0.25, -0.2) is 0 Å². The minimum Gasteiger partial charge on any atom is -0.399 e. The molecule has 1 aromatic heterocycles. The molecule has 2 heterocycles. The van der Waals surface area contributed by atoms with Gasteiger partial charge in [0.25, 0.3) is 0 Å². The third-order valence-corrected chi connectivity index (χ3v) is 9.05. The maximum Gasteiger partial charge on any atom is 0.494 e. The Morgan fingerprint density at radius 3 is 2.03 bits per heavy atom. The first-order valence-electron chi connectivity index (χ1n) is 13.2. The Morgan fingerprint density at radius 1 is 0.595 bits per heavy atom. The molecule has 4 aromatic carbocycles. The predicted molar refractivity (Wildman–Crippen MR) is 154 cm³/mol. The molecule has 184 valence electrons. The van der Waals surface area contributed by atoms with Crippen molar-refractivity contribution in [2.45, 2.75) is 58.2 Å². The van der Waals surface area contributed by atoms with Crippen LogP contribution in [0.5, 0.6) is 0 Å². The van der Waals surface area contributed by atoms with E-state index >= 15 is 0 Å². The molecule has 1 aliphatic carbocycles. The molecular formula is C33H32BNO2. The third-order valence-electron chi connectivity index (χ3n) is 9.05. The summed E-state index contributed by atoms with van der Waals surface area (Å²) in [6, 6.07) is 31.1. The lowest BCUT2D eigenvalue weighted by molar-refractivity contribution is 0.00578. The summed E-state index contributed by atoms with van der Waals surface area (Å²) in [4.78, 5) is 0. The van der Waals surface area contributed by atoms with Crippen LogP contribution in [0.15, 0.2) is 84.9 Å². The second-order valence-electron chi connectivity index (χ2n) is 12.1. The average Bonchev–Trinajstić information content (AvgIpc) is 3.41. The van der Waals surface area contributed by atoms with E-state index in [0.29, 0.717) is 0 Å². The Bertz CT molecular complexity index is 1710. The van der Waals surface area contributed by atoms with Crippen LogP contribution in [0.4, 0.5) is 0 Å². The summed E-state index contributed by atoms with van der Waals surface area (Å²) >= 11 is 0. The van der Waals surface area contributed by atoms with Crippen molar-refractivity contribution in [1.82, 2.24) is 4.57 Å². The number of hydrogen-bond donors (Lipinski definition) is 0. The second-order valence-corrected chi connectivity index (χ2v) is 12.1. The molecule has 3 nitrogen and oxygen atoms in total. The van der Waals surface area contributed by atoms with E-state index in [1.807, 2.05) is 0 Å². The number of para-hydroxylation sites is 1. The largest absolute Gasteiger partial charge is 0.494 e. The molecule has 4 heteroatoms. The molecule has 2 aliphatic rings. The van der Waals surface area contributed by atoms with Crippen LogP contribution in [0.2, 0.25) is 0 Å². The van der Waals surface area contributed by atoms with Crippen molar-refractivity contribution in [1.29, 1.82) is 0 Å². The van der Waals surface area contributed by atoms with Gasteiger partial charge >= 0.3 is 7.12 Å². The fourth-order valence-corrected chi connectivity index (χ4v) is 6.23. The summed E-state index contributed by atoms with van der Waals surface area (Å²) in [5.41, 5.74) is 9.34. The minimum atomic E-state index is -0.379. The summed E-state index contributed by atoms with van der Waals surface area (Å²) in [6.07, 6.45) is 0. The summed E-state index contributed by atoms with van der Waals surface area (Å²) < 4.78 is 15.2.